The monoisotopic (exact) mass is 262 g/mol. The zero-order chi connectivity index (χ0) is 14.0. The lowest BCUT2D eigenvalue weighted by Crippen LogP contribution is -2.26. The van der Waals surface area contributed by atoms with E-state index in [1.807, 2.05) is 32.9 Å². The number of fused-ring (bicyclic) bond motifs is 1. The largest absolute Gasteiger partial charge is 0.460 e. The zero-order valence-corrected chi connectivity index (χ0v) is 11.9. The molecule has 1 aromatic rings. The Morgan fingerprint density at radius 2 is 2.16 bits per heavy atom. The number of rotatable bonds is 2. The molecule has 3 heteroatoms. The molecule has 0 aliphatic heterocycles. The lowest BCUT2D eigenvalue weighted by molar-refractivity contribution is -0.153. The number of carbonyl (C=O) groups excluding carboxylic acids is 1. The maximum Gasteiger partial charge on any atom is 0.310 e. The molecule has 0 saturated heterocycles. The third-order valence-electron chi connectivity index (χ3n) is 3.31. The minimum atomic E-state index is -0.453. The Bertz CT molecular complexity index is 471. The molecule has 0 saturated carbocycles. The van der Waals surface area contributed by atoms with E-state index in [0.29, 0.717) is 6.42 Å². The fourth-order valence-corrected chi connectivity index (χ4v) is 2.54. The Balaban J connectivity index is 2.15. The van der Waals surface area contributed by atoms with Crippen LogP contribution < -0.4 is 0 Å². The van der Waals surface area contributed by atoms with Gasteiger partial charge in [0.25, 0.3) is 0 Å². The number of ether oxygens (including phenoxy) is 1. The van der Waals surface area contributed by atoms with Crippen LogP contribution in [0.3, 0.4) is 0 Å². The fourth-order valence-electron chi connectivity index (χ4n) is 2.54. The average Bonchev–Trinajstić information content (AvgIpc) is 2.27. The Hall–Kier alpha value is -1.35. The van der Waals surface area contributed by atoms with Crippen LogP contribution in [0.15, 0.2) is 18.2 Å². The highest BCUT2D eigenvalue weighted by atomic mass is 16.6. The molecule has 0 bridgehead atoms. The first-order chi connectivity index (χ1) is 8.85. The maximum atomic E-state index is 11.9. The number of benzene rings is 1. The second kappa shape index (κ2) is 5.33. The van der Waals surface area contributed by atoms with Crippen LogP contribution in [0.4, 0.5) is 0 Å². The molecule has 1 unspecified atom stereocenters. The molecule has 0 amide bonds. The van der Waals surface area contributed by atoms with Crippen LogP contribution in [0.1, 0.15) is 43.9 Å². The van der Waals surface area contributed by atoms with Crippen molar-refractivity contribution in [2.24, 2.45) is 0 Å². The van der Waals surface area contributed by atoms with Crippen LogP contribution in [0.2, 0.25) is 0 Å². The van der Waals surface area contributed by atoms with Gasteiger partial charge in [-0.1, -0.05) is 18.2 Å². The van der Waals surface area contributed by atoms with Crippen LogP contribution >= 0.6 is 0 Å². The van der Waals surface area contributed by atoms with Crippen molar-refractivity contribution in [3.05, 3.63) is 34.9 Å². The van der Waals surface area contributed by atoms with Crippen molar-refractivity contribution in [2.75, 3.05) is 0 Å². The van der Waals surface area contributed by atoms with Crippen LogP contribution in [-0.4, -0.2) is 22.8 Å². The van der Waals surface area contributed by atoms with Gasteiger partial charge in [-0.05, 0) is 56.7 Å². The van der Waals surface area contributed by atoms with Crippen molar-refractivity contribution in [1.82, 2.24) is 0 Å². The van der Waals surface area contributed by atoms with Gasteiger partial charge in [-0.2, -0.15) is 0 Å². The molecule has 1 N–H and O–H groups in total. The van der Waals surface area contributed by atoms with Crippen LogP contribution in [-0.2, 0) is 28.8 Å². The van der Waals surface area contributed by atoms with Gasteiger partial charge in [-0.25, -0.2) is 0 Å². The van der Waals surface area contributed by atoms with E-state index >= 15 is 0 Å². The molecule has 1 aliphatic rings. The maximum absolute atomic E-state index is 11.9. The number of aliphatic hydroxyl groups is 1. The van der Waals surface area contributed by atoms with Gasteiger partial charge >= 0.3 is 5.97 Å². The van der Waals surface area contributed by atoms with Crippen LogP contribution in [0.5, 0.6) is 0 Å². The topological polar surface area (TPSA) is 46.5 Å². The standard InChI is InChI=1S/C16H22O3/c1-16(2,3)19-15(18)9-12-6-4-5-11-7-8-13(17)10-14(11)12/h4-6,13,17H,7-10H2,1-3H3. The van der Waals surface area contributed by atoms with Crippen molar-refractivity contribution < 1.29 is 14.6 Å². The molecule has 0 aromatic heterocycles. The summed E-state index contributed by atoms with van der Waals surface area (Å²) in [6.45, 7) is 5.61. The SMILES string of the molecule is CC(C)(C)OC(=O)Cc1cccc2c1CC(O)CC2. The molecular weight excluding hydrogens is 240 g/mol. The van der Waals surface area contributed by atoms with E-state index in [0.717, 1.165) is 24.0 Å². The lowest BCUT2D eigenvalue weighted by atomic mass is 9.86. The molecule has 1 atom stereocenters. The molecule has 2 rings (SSSR count). The molecule has 1 aromatic carbocycles. The number of carbonyl (C=O) groups is 1. The van der Waals surface area contributed by atoms with Crippen molar-refractivity contribution in [2.45, 2.75) is 58.2 Å². The Morgan fingerprint density at radius 1 is 1.42 bits per heavy atom. The Kier molecular flexibility index (Phi) is 3.95. The first kappa shape index (κ1) is 14.1. The highest BCUT2D eigenvalue weighted by Gasteiger charge is 2.22. The zero-order valence-electron chi connectivity index (χ0n) is 11.9. The predicted molar refractivity (Wildman–Crippen MR) is 74.0 cm³/mol. The van der Waals surface area contributed by atoms with Crippen molar-refractivity contribution in [3.63, 3.8) is 0 Å². The minimum Gasteiger partial charge on any atom is -0.460 e. The summed E-state index contributed by atoms with van der Waals surface area (Å²) in [6.07, 6.45) is 2.34. The van der Waals surface area contributed by atoms with Gasteiger partial charge in [0.15, 0.2) is 0 Å². The van der Waals surface area contributed by atoms with E-state index < -0.39 is 5.60 Å². The van der Waals surface area contributed by atoms with E-state index in [1.54, 1.807) is 0 Å². The molecule has 104 valence electrons. The van der Waals surface area contributed by atoms with E-state index in [-0.39, 0.29) is 18.5 Å². The molecular formula is C16H22O3. The van der Waals surface area contributed by atoms with E-state index in [9.17, 15) is 9.90 Å². The average molecular weight is 262 g/mol. The van der Waals surface area contributed by atoms with Crippen molar-refractivity contribution >= 4 is 5.97 Å². The summed E-state index contributed by atoms with van der Waals surface area (Å²) in [7, 11) is 0. The normalized spacial score (nSPS) is 18.8. The summed E-state index contributed by atoms with van der Waals surface area (Å²) >= 11 is 0. The summed E-state index contributed by atoms with van der Waals surface area (Å²) in [6, 6.07) is 6.02. The number of aryl methyl sites for hydroxylation is 1. The first-order valence-electron chi connectivity index (χ1n) is 6.85. The number of hydrogen-bond donors (Lipinski definition) is 1. The number of aliphatic hydroxyl groups excluding tert-OH is 1. The summed E-state index contributed by atoms with van der Waals surface area (Å²) in [5.41, 5.74) is 2.93. The van der Waals surface area contributed by atoms with Crippen molar-refractivity contribution in [3.8, 4) is 0 Å². The smallest absolute Gasteiger partial charge is 0.310 e. The quantitative estimate of drug-likeness (QED) is 0.833. The van der Waals surface area contributed by atoms with Gasteiger partial charge < -0.3 is 9.84 Å². The molecule has 0 heterocycles. The molecule has 0 fully saturated rings. The third-order valence-corrected chi connectivity index (χ3v) is 3.31. The summed E-state index contributed by atoms with van der Waals surface area (Å²) in [4.78, 5) is 11.9. The van der Waals surface area contributed by atoms with Gasteiger partial charge in [0, 0.05) is 0 Å². The summed E-state index contributed by atoms with van der Waals surface area (Å²) < 4.78 is 5.36. The van der Waals surface area contributed by atoms with Crippen LogP contribution in [0.25, 0.3) is 0 Å². The number of esters is 1. The van der Waals surface area contributed by atoms with Crippen LogP contribution in [0, 0.1) is 0 Å². The Morgan fingerprint density at radius 3 is 2.84 bits per heavy atom. The molecule has 3 nitrogen and oxygen atoms in total. The molecule has 0 radical (unpaired) electrons. The molecule has 19 heavy (non-hydrogen) atoms. The second-order valence-electron chi connectivity index (χ2n) is 6.21. The second-order valence-corrected chi connectivity index (χ2v) is 6.21. The van der Waals surface area contributed by atoms with Gasteiger partial charge in [0.1, 0.15) is 5.60 Å². The fraction of sp³-hybridized carbons (Fsp3) is 0.562. The summed E-state index contributed by atoms with van der Waals surface area (Å²) in [5, 5.41) is 9.78. The van der Waals surface area contributed by atoms with E-state index in [1.165, 1.54) is 5.56 Å². The predicted octanol–water partition coefficient (Wildman–Crippen LogP) is 2.42. The minimum absolute atomic E-state index is 0.207. The van der Waals surface area contributed by atoms with E-state index in [4.69, 9.17) is 4.74 Å². The first-order valence-corrected chi connectivity index (χ1v) is 6.85. The number of hydrogen-bond acceptors (Lipinski definition) is 3. The third kappa shape index (κ3) is 3.80. The molecule has 0 spiro atoms. The highest BCUT2D eigenvalue weighted by molar-refractivity contribution is 5.73. The van der Waals surface area contributed by atoms with Gasteiger partial charge in [0.05, 0.1) is 12.5 Å². The van der Waals surface area contributed by atoms with Gasteiger partial charge in [-0.15, -0.1) is 0 Å². The molecule has 1 aliphatic carbocycles. The van der Waals surface area contributed by atoms with Gasteiger partial charge in [-0.3, -0.25) is 4.79 Å². The highest BCUT2D eigenvalue weighted by Crippen LogP contribution is 2.25. The van der Waals surface area contributed by atoms with Crippen molar-refractivity contribution in [1.29, 1.82) is 0 Å². The summed E-state index contributed by atoms with van der Waals surface area (Å²) in [5.74, 6) is -0.207. The van der Waals surface area contributed by atoms with Gasteiger partial charge in [0.2, 0.25) is 0 Å². The lowest BCUT2D eigenvalue weighted by Gasteiger charge is -2.24. The Labute approximate surface area is 114 Å². The van der Waals surface area contributed by atoms with E-state index in [2.05, 4.69) is 6.07 Å².